The van der Waals surface area contributed by atoms with Crippen LogP contribution in [0.3, 0.4) is 0 Å². The molecule has 0 spiro atoms. The summed E-state index contributed by atoms with van der Waals surface area (Å²) < 4.78 is 5.39. The zero-order valence-electron chi connectivity index (χ0n) is 8.97. The molecule has 1 unspecified atom stereocenters. The molecule has 6 heteroatoms. The number of rotatable bonds is 3. The van der Waals surface area contributed by atoms with Crippen LogP contribution in [0, 0.1) is 0 Å². The first-order chi connectivity index (χ1) is 8.08. The smallest absolute Gasteiger partial charge is 0.339 e. The van der Waals surface area contributed by atoms with E-state index in [1.807, 2.05) is 0 Å². The fourth-order valence-corrected chi connectivity index (χ4v) is 1.65. The van der Waals surface area contributed by atoms with Gasteiger partial charge in [0.2, 0.25) is 0 Å². The number of amides is 1. The summed E-state index contributed by atoms with van der Waals surface area (Å²) in [5.74, 6) is -1.20. The summed E-state index contributed by atoms with van der Waals surface area (Å²) in [6.45, 7) is 0.543. The highest BCUT2D eigenvalue weighted by Crippen LogP contribution is 2.24. The highest BCUT2D eigenvalue weighted by atomic mass is 16.5. The zero-order valence-corrected chi connectivity index (χ0v) is 8.97. The number of carboxylic acids is 1. The number of ether oxygens (including phenoxy) is 1. The van der Waals surface area contributed by atoms with Gasteiger partial charge in [0, 0.05) is 18.7 Å². The van der Waals surface area contributed by atoms with Crippen LogP contribution in [0.2, 0.25) is 0 Å². The molecular formula is C11H12N2O4. The number of hydrogen-bond donors (Lipinski definition) is 3. The van der Waals surface area contributed by atoms with Gasteiger partial charge in [-0.15, -0.1) is 0 Å². The van der Waals surface area contributed by atoms with Gasteiger partial charge in [-0.1, -0.05) is 0 Å². The molecule has 17 heavy (non-hydrogen) atoms. The lowest BCUT2D eigenvalue weighted by molar-refractivity contribution is -0.124. The van der Waals surface area contributed by atoms with Gasteiger partial charge in [0.1, 0.15) is 11.3 Å². The van der Waals surface area contributed by atoms with Gasteiger partial charge < -0.3 is 20.9 Å². The molecule has 1 fully saturated rings. The van der Waals surface area contributed by atoms with E-state index in [1.54, 1.807) is 0 Å². The van der Waals surface area contributed by atoms with Crippen LogP contribution in [0.5, 0.6) is 5.75 Å². The van der Waals surface area contributed by atoms with Crippen LogP contribution in [0.4, 0.5) is 5.69 Å². The van der Waals surface area contributed by atoms with Crippen molar-refractivity contribution in [2.45, 2.75) is 12.5 Å². The van der Waals surface area contributed by atoms with Gasteiger partial charge in [0.05, 0.1) is 0 Å². The minimum Gasteiger partial charge on any atom is -0.480 e. The van der Waals surface area contributed by atoms with Crippen molar-refractivity contribution >= 4 is 17.6 Å². The molecule has 2 rings (SSSR count). The van der Waals surface area contributed by atoms with E-state index < -0.39 is 12.1 Å². The highest BCUT2D eigenvalue weighted by Gasteiger charge is 2.27. The molecule has 0 aromatic heterocycles. The molecule has 6 nitrogen and oxygen atoms in total. The molecule has 1 aliphatic heterocycles. The Labute approximate surface area is 97.4 Å². The summed E-state index contributed by atoms with van der Waals surface area (Å²) in [6.07, 6.45) is -0.0980. The number of nitrogen functional groups attached to an aromatic ring is 1. The summed E-state index contributed by atoms with van der Waals surface area (Å²) in [6, 6.07) is 4.31. The molecule has 1 aromatic carbocycles. The number of nitrogens with one attached hydrogen (secondary N) is 1. The molecule has 90 valence electrons. The number of aromatic carboxylic acids is 1. The summed E-state index contributed by atoms with van der Waals surface area (Å²) in [5, 5.41) is 11.6. The van der Waals surface area contributed by atoms with Crippen molar-refractivity contribution in [1.29, 1.82) is 0 Å². The van der Waals surface area contributed by atoms with Crippen LogP contribution in [0.15, 0.2) is 18.2 Å². The fraction of sp³-hybridized carbons (Fsp3) is 0.273. The lowest BCUT2D eigenvalue weighted by atomic mass is 10.1. The molecule has 0 saturated carbocycles. The van der Waals surface area contributed by atoms with Crippen LogP contribution in [0.25, 0.3) is 0 Å². The maximum Gasteiger partial charge on any atom is 0.339 e. The Morgan fingerprint density at radius 2 is 2.29 bits per heavy atom. The predicted octanol–water partition coefficient (Wildman–Crippen LogP) is 0.234. The third-order valence-electron chi connectivity index (χ3n) is 2.50. The second kappa shape index (κ2) is 4.32. The van der Waals surface area contributed by atoms with Crippen molar-refractivity contribution in [2.75, 3.05) is 12.3 Å². The predicted molar refractivity (Wildman–Crippen MR) is 59.9 cm³/mol. The van der Waals surface area contributed by atoms with E-state index in [1.165, 1.54) is 18.2 Å². The summed E-state index contributed by atoms with van der Waals surface area (Å²) in [5.41, 5.74) is 5.80. The molecule has 1 atom stereocenters. The van der Waals surface area contributed by atoms with Gasteiger partial charge in [-0.25, -0.2) is 4.79 Å². The molecule has 1 amide bonds. The summed E-state index contributed by atoms with van der Waals surface area (Å²) >= 11 is 0. The average Bonchev–Trinajstić information content (AvgIpc) is 2.67. The van der Waals surface area contributed by atoms with Crippen molar-refractivity contribution in [3.63, 3.8) is 0 Å². The minimum absolute atomic E-state index is 0.0373. The molecule has 1 heterocycles. The van der Waals surface area contributed by atoms with Gasteiger partial charge in [0.25, 0.3) is 5.91 Å². The maximum atomic E-state index is 11.3. The molecule has 4 N–H and O–H groups in total. The van der Waals surface area contributed by atoms with Crippen molar-refractivity contribution in [3.8, 4) is 5.75 Å². The zero-order chi connectivity index (χ0) is 12.4. The number of carbonyl (C=O) groups excluding carboxylic acids is 1. The topological polar surface area (TPSA) is 102 Å². The van der Waals surface area contributed by atoms with Gasteiger partial charge in [-0.2, -0.15) is 0 Å². The first-order valence-corrected chi connectivity index (χ1v) is 5.15. The lowest BCUT2D eigenvalue weighted by Crippen LogP contribution is -2.28. The monoisotopic (exact) mass is 236 g/mol. The van der Waals surface area contributed by atoms with E-state index >= 15 is 0 Å². The van der Waals surface area contributed by atoms with E-state index in [9.17, 15) is 9.59 Å². The first kappa shape index (κ1) is 11.3. The molecule has 1 aliphatic rings. The first-order valence-electron chi connectivity index (χ1n) is 5.15. The standard InChI is InChI=1S/C11H12N2O4/c12-6-1-2-8(7(5-6)11(15)16)17-9-3-4-13-10(9)14/h1-2,5,9H,3-4,12H2,(H,13,14)(H,15,16). The Hall–Kier alpha value is -2.24. The summed E-state index contributed by atoms with van der Waals surface area (Å²) in [4.78, 5) is 22.3. The van der Waals surface area contributed by atoms with Gasteiger partial charge in [0.15, 0.2) is 6.10 Å². The SMILES string of the molecule is Nc1ccc(OC2CCNC2=O)c(C(=O)O)c1. The van der Waals surface area contributed by atoms with Crippen LogP contribution in [0.1, 0.15) is 16.8 Å². The molecule has 0 bridgehead atoms. The molecule has 1 aromatic rings. The van der Waals surface area contributed by atoms with E-state index in [0.717, 1.165) is 0 Å². The highest BCUT2D eigenvalue weighted by molar-refractivity contribution is 5.92. The van der Waals surface area contributed by atoms with Crippen molar-refractivity contribution in [1.82, 2.24) is 5.32 Å². The molecule has 0 radical (unpaired) electrons. The maximum absolute atomic E-state index is 11.3. The normalized spacial score (nSPS) is 18.8. The minimum atomic E-state index is -1.13. The van der Waals surface area contributed by atoms with Crippen molar-refractivity contribution in [3.05, 3.63) is 23.8 Å². The van der Waals surface area contributed by atoms with Crippen LogP contribution in [-0.2, 0) is 4.79 Å². The van der Waals surface area contributed by atoms with Crippen LogP contribution < -0.4 is 15.8 Å². The second-order valence-corrected chi connectivity index (χ2v) is 3.75. The Morgan fingerprint density at radius 3 is 2.88 bits per heavy atom. The Kier molecular flexibility index (Phi) is 2.86. The van der Waals surface area contributed by atoms with Gasteiger partial charge >= 0.3 is 5.97 Å². The lowest BCUT2D eigenvalue weighted by Gasteiger charge is -2.13. The van der Waals surface area contributed by atoms with Crippen LogP contribution >= 0.6 is 0 Å². The third-order valence-corrected chi connectivity index (χ3v) is 2.50. The van der Waals surface area contributed by atoms with Gasteiger partial charge in [-0.05, 0) is 18.2 Å². The van der Waals surface area contributed by atoms with E-state index in [4.69, 9.17) is 15.6 Å². The van der Waals surface area contributed by atoms with E-state index in [0.29, 0.717) is 18.7 Å². The summed E-state index contributed by atoms with van der Waals surface area (Å²) in [7, 11) is 0. The number of anilines is 1. The Bertz CT molecular complexity index is 473. The van der Waals surface area contributed by atoms with E-state index in [2.05, 4.69) is 5.32 Å². The number of hydrogen-bond acceptors (Lipinski definition) is 4. The Balaban J connectivity index is 2.25. The quantitative estimate of drug-likeness (QED) is 0.652. The van der Waals surface area contributed by atoms with Crippen molar-refractivity contribution < 1.29 is 19.4 Å². The number of nitrogens with two attached hydrogens (primary N) is 1. The van der Waals surface area contributed by atoms with Crippen LogP contribution in [-0.4, -0.2) is 29.6 Å². The van der Waals surface area contributed by atoms with E-state index in [-0.39, 0.29) is 17.2 Å². The fourth-order valence-electron chi connectivity index (χ4n) is 1.65. The van der Waals surface area contributed by atoms with Gasteiger partial charge in [-0.3, -0.25) is 4.79 Å². The van der Waals surface area contributed by atoms with Crippen molar-refractivity contribution in [2.24, 2.45) is 0 Å². The number of benzene rings is 1. The second-order valence-electron chi connectivity index (χ2n) is 3.75. The molecule has 0 aliphatic carbocycles. The Morgan fingerprint density at radius 1 is 1.53 bits per heavy atom. The third kappa shape index (κ3) is 2.30. The largest absolute Gasteiger partial charge is 0.480 e. The number of carbonyl (C=O) groups is 2. The molecular weight excluding hydrogens is 224 g/mol. The number of carboxylic acid groups (broad SMARTS) is 1. The molecule has 1 saturated heterocycles. The average molecular weight is 236 g/mol.